The second kappa shape index (κ2) is 7.10. The lowest BCUT2D eigenvalue weighted by Gasteiger charge is -2.17. The van der Waals surface area contributed by atoms with Gasteiger partial charge in [-0.2, -0.15) is 0 Å². The largest absolute Gasteiger partial charge is 0.506 e. The molecule has 29 heavy (non-hydrogen) atoms. The van der Waals surface area contributed by atoms with Crippen molar-refractivity contribution in [2.75, 3.05) is 6.61 Å². The first kappa shape index (κ1) is 18.8. The highest BCUT2D eigenvalue weighted by Gasteiger charge is 2.35. The highest BCUT2D eigenvalue weighted by Crippen LogP contribution is 2.42. The van der Waals surface area contributed by atoms with Gasteiger partial charge in [0.1, 0.15) is 23.2 Å². The lowest BCUT2D eigenvalue weighted by Crippen LogP contribution is -2.32. The Hall–Kier alpha value is -3.59. The minimum absolute atomic E-state index is 0.109. The lowest BCUT2D eigenvalue weighted by molar-refractivity contribution is 0.0891. The van der Waals surface area contributed by atoms with Crippen LogP contribution in [0.4, 0.5) is 0 Å². The first-order chi connectivity index (χ1) is 13.9. The van der Waals surface area contributed by atoms with Crippen molar-refractivity contribution in [2.24, 2.45) is 0 Å². The number of hydrogen-bond donors (Lipinski definition) is 3. The minimum atomic E-state index is -1.04. The number of pyridine rings is 1. The standard InChI is InChI=1S/C20H19N3O6/c1-3-28-13-6-4-12(5-7-13)23-19(26)15(18(25)22-20(23)27)17-14-11(9-29-17)8-21-10(2)16(14)24/h4-8,17,24,26H,3,9H2,1-2H3,(H,22,25,27)/t17-/m1/s1. The molecule has 1 aliphatic rings. The van der Waals surface area contributed by atoms with E-state index in [2.05, 4.69) is 9.97 Å². The second-order valence-corrected chi connectivity index (χ2v) is 6.58. The summed E-state index contributed by atoms with van der Waals surface area (Å²) in [7, 11) is 0. The van der Waals surface area contributed by atoms with Gasteiger partial charge in [0.05, 0.1) is 24.6 Å². The van der Waals surface area contributed by atoms with Crippen molar-refractivity contribution in [2.45, 2.75) is 26.6 Å². The van der Waals surface area contributed by atoms with Crippen LogP contribution in [0.1, 0.15) is 35.4 Å². The molecular weight excluding hydrogens is 378 g/mol. The van der Waals surface area contributed by atoms with E-state index in [-0.39, 0.29) is 17.9 Å². The number of aryl methyl sites for hydroxylation is 1. The Morgan fingerprint density at radius 3 is 2.66 bits per heavy atom. The molecule has 4 rings (SSSR count). The molecule has 0 bridgehead atoms. The molecular formula is C20H19N3O6. The highest BCUT2D eigenvalue weighted by atomic mass is 16.5. The average Bonchev–Trinajstić information content (AvgIpc) is 3.10. The Morgan fingerprint density at radius 2 is 1.97 bits per heavy atom. The SMILES string of the molecule is CCOc1ccc(-n2c(O)c([C@@H]3OCc4cnc(C)c(O)c43)c(=O)[nH]c2=O)cc1. The molecule has 0 saturated heterocycles. The summed E-state index contributed by atoms with van der Waals surface area (Å²) in [6, 6.07) is 6.47. The van der Waals surface area contributed by atoms with E-state index in [0.29, 0.717) is 34.9 Å². The summed E-state index contributed by atoms with van der Waals surface area (Å²) in [5, 5.41) is 21.3. The van der Waals surface area contributed by atoms with Crippen molar-refractivity contribution in [3.05, 3.63) is 73.7 Å². The molecule has 3 heterocycles. The Bertz CT molecular complexity index is 1200. The molecule has 3 aromatic rings. The van der Waals surface area contributed by atoms with Crippen LogP contribution in [0.25, 0.3) is 5.69 Å². The van der Waals surface area contributed by atoms with Crippen LogP contribution in [0, 0.1) is 6.92 Å². The number of ether oxygens (including phenoxy) is 2. The van der Waals surface area contributed by atoms with E-state index in [4.69, 9.17) is 9.47 Å². The molecule has 0 fully saturated rings. The first-order valence-corrected chi connectivity index (χ1v) is 9.02. The molecule has 0 spiro atoms. The molecule has 1 atom stereocenters. The number of rotatable bonds is 4. The predicted octanol–water partition coefficient (Wildman–Crippen LogP) is 1.66. The van der Waals surface area contributed by atoms with Gasteiger partial charge in [0.25, 0.3) is 5.56 Å². The average molecular weight is 397 g/mol. The zero-order chi connectivity index (χ0) is 20.7. The molecule has 9 heteroatoms. The molecule has 0 unspecified atom stereocenters. The number of aromatic nitrogens is 3. The van der Waals surface area contributed by atoms with Crippen LogP contribution in [0.3, 0.4) is 0 Å². The fourth-order valence-electron chi connectivity index (χ4n) is 3.42. The molecule has 0 radical (unpaired) electrons. The molecule has 0 amide bonds. The van der Waals surface area contributed by atoms with Crippen LogP contribution in [0.15, 0.2) is 40.1 Å². The van der Waals surface area contributed by atoms with Gasteiger partial charge in [-0.05, 0) is 38.1 Å². The maximum Gasteiger partial charge on any atom is 0.335 e. The number of nitrogens with one attached hydrogen (secondary N) is 1. The van der Waals surface area contributed by atoms with E-state index in [1.54, 1.807) is 37.4 Å². The fraction of sp³-hybridized carbons (Fsp3) is 0.250. The Morgan fingerprint density at radius 1 is 1.24 bits per heavy atom. The predicted molar refractivity (Wildman–Crippen MR) is 103 cm³/mol. The van der Waals surface area contributed by atoms with Crippen LogP contribution in [0.2, 0.25) is 0 Å². The van der Waals surface area contributed by atoms with Gasteiger partial charge in [0.2, 0.25) is 5.88 Å². The van der Waals surface area contributed by atoms with E-state index in [9.17, 15) is 19.8 Å². The van der Waals surface area contributed by atoms with Gasteiger partial charge < -0.3 is 19.7 Å². The van der Waals surface area contributed by atoms with E-state index < -0.39 is 23.2 Å². The Kier molecular flexibility index (Phi) is 4.59. The zero-order valence-corrected chi connectivity index (χ0v) is 15.8. The Labute approximate surface area is 164 Å². The van der Waals surface area contributed by atoms with Crippen LogP contribution in [-0.4, -0.2) is 31.4 Å². The summed E-state index contributed by atoms with van der Waals surface area (Å²) in [5.74, 6) is -0.0633. The topological polar surface area (TPSA) is 127 Å². The molecule has 1 aromatic carbocycles. The van der Waals surface area contributed by atoms with Crippen molar-refractivity contribution in [1.82, 2.24) is 14.5 Å². The first-order valence-electron chi connectivity index (χ1n) is 9.02. The molecule has 0 aliphatic carbocycles. The third-order valence-electron chi connectivity index (χ3n) is 4.81. The number of benzene rings is 1. The number of nitrogens with zero attached hydrogens (tertiary/aromatic N) is 2. The molecule has 3 N–H and O–H groups in total. The quantitative estimate of drug-likeness (QED) is 0.611. The summed E-state index contributed by atoms with van der Waals surface area (Å²) in [6.45, 7) is 4.08. The van der Waals surface area contributed by atoms with Gasteiger partial charge in [0.15, 0.2) is 0 Å². The number of aromatic hydroxyl groups is 2. The molecule has 2 aromatic heterocycles. The third kappa shape index (κ3) is 3.05. The number of hydrogen-bond acceptors (Lipinski definition) is 7. The number of fused-ring (bicyclic) bond motifs is 1. The van der Waals surface area contributed by atoms with Gasteiger partial charge in [-0.1, -0.05) is 0 Å². The van der Waals surface area contributed by atoms with Crippen molar-refractivity contribution >= 4 is 0 Å². The molecule has 1 aliphatic heterocycles. The fourth-order valence-corrected chi connectivity index (χ4v) is 3.42. The Balaban J connectivity index is 1.88. The summed E-state index contributed by atoms with van der Waals surface area (Å²) in [4.78, 5) is 31.3. The van der Waals surface area contributed by atoms with Crippen molar-refractivity contribution in [3.63, 3.8) is 0 Å². The van der Waals surface area contributed by atoms with E-state index in [0.717, 1.165) is 4.57 Å². The van der Waals surface area contributed by atoms with Crippen LogP contribution >= 0.6 is 0 Å². The summed E-state index contributed by atoms with van der Waals surface area (Å²) in [5.41, 5.74) is -0.0870. The summed E-state index contributed by atoms with van der Waals surface area (Å²) >= 11 is 0. The van der Waals surface area contributed by atoms with Gasteiger partial charge in [0, 0.05) is 17.3 Å². The van der Waals surface area contributed by atoms with Gasteiger partial charge in [-0.15, -0.1) is 0 Å². The van der Waals surface area contributed by atoms with Gasteiger partial charge >= 0.3 is 5.69 Å². The maximum absolute atomic E-state index is 12.6. The highest BCUT2D eigenvalue weighted by molar-refractivity contribution is 5.50. The number of H-pyrrole nitrogens is 1. The smallest absolute Gasteiger partial charge is 0.335 e. The van der Waals surface area contributed by atoms with Gasteiger partial charge in [-0.25, -0.2) is 9.36 Å². The number of aromatic amines is 1. The van der Waals surface area contributed by atoms with Gasteiger partial charge in [-0.3, -0.25) is 14.8 Å². The normalized spacial score (nSPS) is 15.3. The minimum Gasteiger partial charge on any atom is -0.506 e. The van der Waals surface area contributed by atoms with E-state index in [1.807, 2.05) is 6.92 Å². The molecule has 0 saturated carbocycles. The third-order valence-corrected chi connectivity index (χ3v) is 4.81. The maximum atomic E-state index is 12.6. The van der Waals surface area contributed by atoms with Crippen LogP contribution in [-0.2, 0) is 11.3 Å². The second-order valence-electron chi connectivity index (χ2n) is 6.58. The van der Waals surface area contributed by atoms with Crippen LogP contribution in [0.5, 0.6) is 17.4 Å². The van der Waals surface area contributed by atoms with E-state index in [1.165, 1.54) is 0 Å². The van der Waals surface area contributed by atoms with Crippen molar-refractivity contribution < 1.29 is 19.7 Å². The monoisotopic (exact) mass is 397 g/mol. The van der Waals surface area contributed by atoms with E-state index >= 15 is 0 Å². The molecule has 150 valence electrons. The van der Waals surface area contributed by atoms with Crippen molar-refractivity contribution in [3.8, 4) is 23.1 Å². The zero-order valence-electron chi connectivity index (χ0n) is 15.8. The van der Waals surface area contributed by atoms with Crippen molar-refractivity contribution in [1.29, 1.82) is 0 Å². The van der Waals surface area contributed by atoms with Crippen LogP contribution < -0.4 is 16.0 Å². The molecule has 9 nitrogen and oxygen atoms in total. The summed E-state index contributed by atoms with van der Waals surface area (Å²) in [6.07, 6.45) is 0.517. The summed E-state index contributed by atoms with van der Waals surface area (Å²) < 4.78 is 12.0. The lowest BCUT2D eigenvalue weighted by atomic mass is 10.00.